The van der Waals surface area contributed by atoms with Crippen LogP contribution in [0.1, 0.15) is 17.8 Å². The number of benzene rings is 1. The number of nitrogens with zero attached hydrogens (tertiary/aromatic N) is 2. The van der Waals surface area contributed by atoms with Gasteiger partial charge in [-0.15, -0.1) is 0 Å². The molecule has 0 amide bonds. The molecule has 0 spiro atoms. The molecule has 0 fully saturated rings. The maximum atomic E-state index is 4.50. The van der Waals surface area contributed by atoms with Crippen LogP contribution in [0.25, 0.3) is 10.9 Å². The van der Waals surface area contributed by atoms with E-state index < -0.39 is 0 Å². The fourth-order valence-electron chi connectivity index (χ4n) is 2.38. The summed E-state index contributed by atoms with van der Waals surface area (Å²) in [6, 6.07) is 8.27. The molecule has 3 aromatic rings. The number of aromatic amines is 1. The van der Waals surface area contributed by atoms with Crippen molar-refractivity contribution in [3.8, 4) is 0 Å². The van der Waals surface area contributed by atoms with Gasteiger partial charge in [0.1, 0.15) is 5.82 Å². The van der Waals surface area contributed by atoms with Gasteiger partial charge in [0.2, 0.25) is 0 Å². The van der Waals surface area contributed by atoms with Crippen LogP contribution in [0.2, 0.25) is 0 Å². The Morgan fingerprint density at radius 2 is 2.10 bits per heavy atom. The SMILES string of the molecule is Brc1ccc(CNCCCc2ncc[nH]2)c2ncccc12. The van der Waals surface area contributed by atoms with Crippen LogP contribution in [0.15, 0.2) is 47.3 Å². The van der Waals surface area contributed by atoms with Gasteiger partial charge in [0.05, 0.1) is 5.52 Å². The number of pyridine rings is 1. The Morgan fingerprint density at radius 1 is 1.14 bits per heavy atom. The third kappa shape index (κ3) is 3.49. The number of H-pyrrole nitrogens is 1. The highest BCUT2D eigenvalue weighted by Gasteiger charge is 2.05. The topological polar surface area (TPSA) is 53.6 Å². The van der Waals surface area contributed by atoms with Crippen LogP contribution in [0.3, 0.4) is 0 Å². The Bertz CT molecular complexity index is 709. The molecule has 0 saturated heterocycles. The third-order valence-corrected chi connectivity index (χ3v) is 4.13. The number of fused-ring (bicyclic) bond motifs is 1. The smallest absolute Gasteiger partial charge is 0.106 e. The molecule has 0 saturated carbocycles. The minimum absolute atomic E-state index is 0.832. The van der Waals surface area contributed by atoms with Crippen LogP contribution >= 0.6 is 15.9 Å². The second-order valence-corrected chi connectivity index (χ2v) is 5.78. The fourth-order valence-corrected chi connectivity index (χ4v) is 2.83. The fraction of sp³-hybridized carbons (Fsp3) is 0.250. The summed E-state index contributed by atoms with van der Waals surface area (Å²) in [6.07, 6.45) is 7.54. The predicted octanol–water partition coefficient (Wildman–Crippen LogP) is 3.44. The van der Waals surface area contributed by atoms with Gasteiger partial charge in [-0.1, -0.05) is 28.1 Å². The van der Waals surface area contributed by atoms with Crippen molar-refractivity contribution in [3.63, 3.8) is 0 Å². The Kier molecular flexibility index (Phi) is 4.62. The largest absolute Gasteiger partial charge is 0.349 e. The van der Waals surface area contributed by atoms with E-state index in [0.717, 1.165) is 47.1 Å². The zero-order valence-corrected chi connectivity index (χ0v) is 13.2. The number of imidazole rings is 1. The van der Waals surface area contributed by atoms with Crippen LogP contribution < -0.4 is 5.32 Å². The van der Waals surface area contributed by atoms with E-state index in [1.165, 1.54) is 5.56 Å². The molecule has 2 heterocycles. The van der Waals surface area contributed by atoms with Crippen molar-refractivity contribution in [3.05, 3.63) is 58.7 Å². The van der Waals surface area contributed by atoms with Crippen molar-refractivity contribution < 1.29 is 0 Å². The summed E-state index contributed by atoms with van der Waals surface area (Å²) in [4.78, 5) is 11.8. The Morgan fingerprint density at radius 3 is 2.95 bits per heavy atom. The lowest BCUT2D eigenvalue weighted by Crippen LogP contribution is -2.16. The van der Waals surface area contributed by atoms with E-state index in [2.05, 4.69) is 54.4 Å². The lowest BCUT2D eigenvalue weighted by molar-refractivity contribution is 0.642. The molecule has 0 unspecified atom stereocenters. The molecule has 4 nitrogen and oxygen atoms in total. The van der Waals surface area contributed by atoms with Crippen LogP contribution in [0.4, 0.5) is 0 Å². The average molecular weight is 345 g/mol. The molecule has 108 valence electrons. The number of nitrogens with one attached hydrogen (secondary N) is 2. The molecular formula is C16H17BrN4. The molecule has 0 atom stereocenters. The van der Waals surface area contributed by atoms with E-state index in [1.807, 2.05) is 18.5 Å². The molecule has 0 aliphatic rings. The summed E-state index contributed by atoms with van der Waals surface area (Å²) in [5, 5.41) is 4.64. The number of halogens is 1. The van der Waals surface area contributed by atoms with Gasteiger partial charge in [-0.25, -0.2) is 4.98 Å². The molecule has 3 rings (SSSR count). The number of hydrogen-bond acceptors (Lipinski definition) is 3. The van der Waals surface area contributed by atoms with Crippen molar-refractivity contribution >= 4 is 26.8 Å². The van der Waals surface area contributed by atoms with E-state index in [0.29, 0.717) is 0 Å². The van der Waals surface area contributed by atoms with Crippen LogP contribution in [-0.2, 0) is 13.0 Å². The average Bonchev–Trinajstić information content (AvgIpc) is 3.03. The molecule has 21 heavy (non-hydrogen) atoms. The van der Waals surface area contributed by atoms with Gasteiger partial charge in [0.25, 0.3) is 0 Å². The van der Waals surface area contributed by atoms with E-state index >= 15 is 0 Å². The Hall–Kier alpha value is -1.72. The first-order valence-corrected chi connectivity index (χ1v) is 7.85. The summed E-state index contributed by atoms with van der Waals surface area (Å²) in [5.41, 5.74) is 2.29. The molecule has 0 bridgehead atoms. The molecule has 0 aliphatic carbocycles. The maximum Gasteiger partial charge on any atom is 0.106 e. The van der Waals surface area contributed by atoms with E-state index in [4.69, 9.17) is 0 Å². The molecule has 1 aromatic carbocycles. The number of hydrogen-bond donors (Lipinski definition) is 2. The van der Waals surface area contributed by atoms with Gasteiger partial charge in [-0.2, -0.15) is 0 Å². The van der Waals surface area contributed by atoms with Gasteiger partial charge in [-0.05, 0) is 30.7 Å². The molecule has 2 aromatic heterocycles. The second-order valence-electron chi connectivity index (χ2n) is 4.92. The van der Waals surface area contributed by atoms with Gasteiger partial charge in [0.15, 0.2) is 0 Å². The monoisotopic (exact) mass is 344 g/mol. The van der Waals surface area contributed by atoms with Crippen LogP contribution in [-0.4, -0.2) is 21.5 Å². The van der Waals surface area contributed by atoms with Crippen LogP contribution in [0.5, 0.6) is 0 Å². The first kappa shape index (κ1) is 14.2. The summed E-state index contributed by atoms with van der Waals surface area (Å²) >= 11 is 3.58. The number of aryl methyl sites for hydroxylation is 1. The standard InChI is InChI=1S/C16H17BrN4/c17-14-6-5-12(16-13(14)3-1-8-21-16)11-18-7-2-4-15-19-9-10-20-15/h1,3,5-6,8-10,18H,2,4,7,11H2,(H,19,20). The maximum absolute atomic E-state index is 4.50. The van der Waals surface area contributed by atoms with E-state index in [9.17, 15) is 0 Å². The normalized spacial score (nSPS) is 11.1. The summed E-state index contributed by atoms with van der Waals surface area (Å²) in [5.74, 6) is 1.05. The van der Waals surface area contributed by atoms with Crippen molar-refractivity contribution in [1.82, 2.24) is 20.3 Å². The molecule has 5 heteroatoms. The predicted molar refractivity (Wildman–Crippen MR) is 88.1 cm³/mol. The molecule has 2 N–H and O–H groups in total. The van der Waals surface area contributed by atoms with Crippen molar-refractivity contribution in [2.75, 3.05) is 6.54 Å². The zero-order valence-electron chi connectivity index (χ0n) is 11.6. The van der Waals surface area contributed by atoms with Gasteiger partial charge in [-0.3, -0.25) is 4.98 Å². The lowest BCUT2D eigenvalue weighted by Gasteiger charge is -2.08. The van der Waals surface area contributed by atoms with Crippen molar-refractivity contribution in [2.45, 2.75) is 19.4 Å². The Labute approximate surface area is 132 Å². The molecular weight excluding hydrogens is 328 g/mol. The highest BCUT2D eigenvalue weighted by Crippen LogP contribution is 2.25. The van der Waals surface area contributed by atoms with Gasteiger partial charge >= 0.3 is 0 Å². The minimum atomic E-state index is 0.832. The first-order valence-electron chi connectivity index (χ1n) is 7.05. The highest BCUT2D eigenvalue weighted by atomic mass is 79.9. The van der Waals surface area contributed by atoms with Gasteiger partial charge in [0, 0.05) is 41.4 Å². The molecule has 0 radical (unpaired) electrons. The first-order chi connectivity index (χ1) is 10.3. The van der Waals surface area contributed by atoms with Crippen LogP contribution in [0, 0.1) is 0 Å². The summed E-state index contributed by atoms with van der Waals surface area (Å²) in [7, 11) is 0. The minimum Gasteiger partial charge on any atom is -0.349 e. The lowest BCUT2D eigenvalue weighted by atomic mass is 10.1. The summed E-state index contributed by atoms with van der Waals surface area (Å²) < 4.78 is 1.09. The van der Waals surface area contributed by atoms with E-state index in [1.54, 1.807) is 6.20 Å². The molecule has 0 aliphatic heterocycles. The van der Waals surface area contributed by atoms with E-state index in [-0.39, 0.29) is 0 Å². The summed E-state index contributed by atoms with van der Waals surface area (Å²) in [6.45, 7) is 1.80. The van der Waals surface area contributed by atoms with Crippen molar-refractivity contribution in [1.29, 1.82) is 0 Å². The van der Waals surface area contributed by atoms with Crippen molar-refractivity contribution in [2.24, 2.45) is 0 Å². The quantitative estimate of drug-likeness (QED) is 0.673. The number of rotatable bonds is 6. The third-order valence-electron chi connectivity index (χ3n) is 3.44. The highest BCUT2D eigenvalue weighted by molar-refractivity contribution is 9.10. The zero-order chi connectivity index (χ0) is 14.5. The second kappa shape index (κ2) is 6.83. The number of aromatic nitrogens is 3. The van der Waals surface area contributed by atoms with Gasteiger partial charge < -0.3 is 10.3 Å². The Balaban J connectivity index is 1.57.